The number of carbonyl (C=O) groups is 2. The highest BCUT2D eigenvalue weighted by molar-refractivity contribution is 5.89. The van der Waals surface area contributed by atoms with Gasteiger partial charge in [-0.25, -0.2) is 9.59 Å². The normalized spacial score (nSPS) is 14.8. The van der Waals surface area contributed by atoms with E-state index in [9.17, 15) is 9.59 Å². The number of hydrogen-bond donors (Lipinski definition) is 2. The number of carboxylic acid groups (broad SMARTS) is 1. The van der Waals surface area contributed by atoms with Crippen molar-refractivity contribution in [3.8, 4) is 0 Å². The number of hydrogen-bond acceptors (Lipinski definition) is 3. The highest BCUT2D eigenvalue weighted by Gasteiger charge is 2.20. The molecule has 2 N–H and O–H groups in total. The molecule has 0 bridgehead atoms. The molecule has 6 heteroatoms. The zero-order valence-electron chi connectivity index (χ0n) is 12.2. The molecule has 2 amide bonds. The van der Waals surface area contributed by atoms with Crippen LogP contribution in [0.3, 0.4) is 0 Å². The summed E-state index contributed by atoms with van der Waals surface area (Å²) in [6, 6.07) is 6.93. The molecule has 1 aromatic rings. The molecule has 0 atom stereocenters. The van der Waals surface area contributed by atoms with Crippen LogP contribution < -0.4 is 5.32 Å². The van der Waals surface area contributed by atoms with E-state index in [2.05, 4.69) is 5.32 Å². The average molecular weight is 291 g/mol. The Bertz CT molecular complexity index is 513. The molecule has 6 nitrogen and oxygen atoms in total. The van der Waals surface area contributed by atoms with Gasteiger partial charge in [-0.3, -0.25) is 0 Å². The number of urea groups is 1. The smallest absolute Gasteiger partial charge is 0.335 e. The number of carbonyl (C=O) groups excluding carboxylic acids is 1. The molecule has 21 heavy (non-hydrogen) atoms. The van der Waals surface area contributed by atoms with Gasteiger partial charge in [0, 0.05) is 39.8 Å². The summed E-state index contributed by atoms with van der Waals surface area (Å²) in [6.45, 7) is 3.58. The molecule has 2 rings (SSSR count). The van der Waals surface area contributed by atoms with Crippen LogP contribution in [0.15, 0.2) is 24.3 Å². The number of carboxylic acids is 1. The minimum Gasteiger partial charge on any atom is -0.478 e. The van der Waals surface area contributed by atoms with Gasteiger partial charge in [0.2, 0.25) is 0 Å². The largest absolute Gasteiger partial charge is 0.478 e. The first kappa shape index (κ1) is 15.3. The molecule has 0 aliphatic carbocycles. The molecule has 0 unspecified atom stereocenters. The molecular weight excluding hydrogens is 270 g/mol. The van der Waals surface area contributed by atoms with Crippen molar-refractivity contribution in [2.45, 2.75) is 6.42 Å². The van der Waals surface area contributed by atoms with E-state index in [1.165, 1.54) is 0 Å². The Balaban J connectivity index is 1.93. The Morgan fingerprint density at radius 3 is 2.62 bits per heavy atom. The molecule has 1 aliphatic heterocycles. The second-order valence-corrected chi connectivity index (χ2v) is 5.15. The highest BCUT2D eigenvalue weighted by Crippen LogP contribution is 2.10. The summed E-state index contributed by atoms with van der Waals surface area (Å²) in [5.41, 5.74) is 1.06. The maximum Gasteiger partial charge on any atom is 0.335 e. The van der Waals surface area contributed by atoms with Crippen molar-refractivity contribution < 1.29 is 14.7 Å². The Morgan fingerprint density at radius 1 is 1.29 bits per heavy atom. The maximum atomic E-state index is 12.2. The lowest BCUT2D eigenvalue weighted by molar-refractivity contribution is 0.0695. The third-order valence-electron chi connectivity index (χ3n) is 3.68. The van der Waals surface area contributed by atoms with E-state index in [-0.39, 0.29) is 6.03 Å². The SMILES string of the molecule is CN(CCc1ccccc1C(=O)O)C(=O)N1CCNCC1. The minimum absolute atomic E-state index is 0.00399. The summed E-state index contributed by atoms with van der Waals surface area (Å²) in [5, 5.41) is 12.4. The summed E-state index contributed by atoms with van der Waals surface area (Å²) in [6.07, 6.45) is 0.538. The van der Waals surface area contributed by atoms with Crippen LogP contribution in [0.2, 0.25) is 0 Å². The third kappa shape index (κ3) is 3.95. The van der Waals surface area contributed by atoms with Crippen LogP contribution >= 0.6 is 0 Å². The Morgan fingerprint density at radius 2 is 1.95 bits per heavy atom. The highest BCUT2D eigenvalue weighted by atomic mass is 16.4. The van der Waals surface area contributed by atoms with E-state index in [1.54, 1.807) is 30.1 Å². The van der Waals surface area contributed by atoms with Gasteiger partial charge in [-0.05, 0) is 18.1 Å². The molecule has 0 saturated carbocycles. The van der Waals surface area contributed by atoms with Crippen LogP contribution in [0, 0.1) is 0 Å². The summed E-state index contributed by atoms with van der Waals surface area (Å²) in [5.74, 6) is -0.929. The van der Waals surface area contributed by atoms with Gasteiger partial charge in [0.05, 0.1) is 5.56 Å². The molecule has 1 heterocycles. The van der Waals surface area contributed by atoms with Crippen molar-refractivity contribution in [3.05, 3.63) is 35.4 Å². The third-order valence-corrected chi connectivity index (χ3v) is 3.68. The van der Waals surface area contributed by atoms with Crippen LogP contribution in [0.25, 0.3) is 0 Å². The fraction of sp³-hybridized carbons (Fsp3) is 0.467. The monoisotopic (exact) mass is 291 g/mol. The summed E-state index contributed by atoms with van der Waals surface area (Å²) >= 11 is 0. The number of piperazine rings is 1. The Labute approximate surface area is 124 Å². The molecule has 0 spiro atoms. The van der Waals surface area contributed by atoms with Gasteiger partial charge in [-0.15, -0.1) is 0 Å². The standard InChI is InChI=1S/C15H21N3O3/c1-17(15(21)18-10-7-16-8-11-18)9-6-12-4-2-3-5-13(12)14(19)20/h2-5,16H,6-11H2,1H3,(H,19,20). The first-order valence-electron chi connectivity index (χ1n) is 7.11. The quantitative estimate of drug-likeness (QED) is 0.864. The zero-order valence-corrected chi connectivity index (χ0v) is 12.2. The van der Waals surface area contributed by atoms with Gasteiger partial charge in [0.15, 0.2) is 0 Å². The lowest BCUT2D eigenvalue weighted by Crippen LogP contribution is -2.50. The Hall–Kier alpha value is -2.08. The van der Waals surface area contributed by atoms with Crippen LogP contribution in [-0.2, 0) is 6.42 Å². The van der Waals surface area contributed by atoms with Crippen molar-refractivity contribution in [1.29, 1.82) is 0 Å². The molecular formula is C15H21N3O3. The predicted molar refractivity (Wildman–Crippen MR) is 79.6 cm³/mol. The van der Waals surface area contributed by atoms with Gasteiger partial charge in [-0.1, -0.05) is 18.2 Å². The molecule has 1 saturated heterocycles. The summed E-state index contributed by atoms with van der Waals surface area (Å²) in [7, 11) is 1.76. The van der Waals surface area contributed by atoms with Crippen molar-refractivity contribution in [2.75, 3.05) is 39.8 Å². The topological polar surface area (TPSA) is 72.9 Å². The van der Waals surface area contributed by atoms with Crippen molar-refractivity contribution in [3.63, 3.8) is 0 Å². The Kier molecular flexibility index (Phi) is 5.16. The van der Waals surface area contributed by atoms with E-state index >= 15 is 0 Å². The lowest BCUT2D eigenvalue weighted by atomic mass is 10.0. The number of amides is 2. The van der Waals surface area contributed by atoms with E-state index in [4.69, 9.17) is 5.11 Å². The fourth-order valence-electron chi connectivity index (χ4n) is 2.43. The average Bonchev–Trinajstić information content (AvgIpc) is 2.52. The predicted octanol–water partition coefficient (Wildman–Crippen LogP) is 0.884. The van der Waals surface area contributed by atoms with Crippen molar-refractivity contribution in [2.24, 2.45) is 0 Å². The van der Waals surface area contributed by atoms with E-state index in [0.29, 0.717) is 18.5 Å². The zero-order chi connectivity index (χ0) is 15.2. The number of rotatable bonds is 4. The van der Waals surface area contributed by atoms with Crippen molar-refractivity contribution in [1.82, 2.24) is 15.1 Å². The minimum atomic E-state index is -0.929. The lowest BCUT2D eigenvalue weighted by Gasteiger charge is -2.31. The van der Waals surface area contributed by atoms with Crippen molar-refractivity contribution >= 4 is 12.0 Å². The van der Waals surface area contributed by atoms with Crippen LogP contribution in [0.5, 0.6) is 0 Å². The van der Waals surface area contributed by atoms with Crippen LogP contribution in [-0.4, -0.2) is 66.7 Å². The van der Waals surface area contributed by atoms with E-state index in [0.717, 1.165) is 31.7 Å². The number of nitrogens with one attached hydrogen (secondary N) is 1. The van der Waals surface area contributed by atoms with Gasteiger partial charge in [0.1, 0.15) is 0 Å². The van der Waals surface area contributed by atoms with Gasteiger partial charge < -0.3 is 20.2 Å². The maximum absolute atomic E-state index is 12.2. The number of benzene rings is 1. The molecule has 0 aromatic heterocycles. The molecule has 1 fully saturated rings. The van der Waals surface area contributed by atoms with E-state index < -0.39 is 5.97 Å². The fourth-order valence-corrected chi connectivity index (χ4v) is 2.43. The first-order chi connectivity index (χ1) is 10.1. The van der Waals surface area contributed by atoms with E-state index in [1.807, 2.05) is 11.0 Å². The van der Waals surface area contributed by atoms with Crippen LogP contribution in [0.4, 0.5) is 4.79 Å². The van der Waals surface area contributed by atoms with Gasteiger partial charge in [-0.2, -0.15) is 0 Å². The van der Waals surface area contributed by atoms with Gasteiger partial charge >= 0.3 is 12.0 Å². The van der Waals surface area contributed by atoms with Gasteiger partial charge in [0.25, 0.3) is 0 Å². The molecule has 1 aromatic carbocycles. The molecule has 0 radical (unpaired) electrons. The number of likely N-dealkylation sites (N-methyl/N-ethyl adjacent to an activating group) is 1. The molecule has 114 valence electrons. The second kappa shape index (κ2) is 7.08. The van der Waals surface area contributed by atoms with Crippen LogP contribution in [0.1, 0.15) is 15.9 Å². The summed E-state index contributed by atoms with van der Waals surface area (Å²) < 4.78 is 0. The summed E-state index contributed by atoms with van der Waals surface area (Å²) in [4.78, 5) is 26.9. The number of nitrogens with zero attached hydrogens (tertiary/aromatic N) is 2. The second-order valence-electron chi connectivity index (χ2n) is 5.15. The molecule has 1 aliphatic rings. The number of aromatic carboxylic acids is 1. The first-order valence-corrected chi connectivity index (χ1v) is 7.11.